The standard InChI is InChI=1S/C14H18N2O4S/c1-10(9-21-3)15(2)12-6-4-11(5-7-14(17)18)8-13(12)16(19)20/h4-8,10H,9H2,1-3H3,(H,17,18)/b7-5+. The molecule has 0 amide bonds. The van der Waals surface area contributed by atoms with Crippen LogP contribution in [0.3, 0.4) is 0 Å². The number of carboxylic acid groups (broad SMARTS) is 1. The minimum absolute atomic E-state index is 0.0296. The molecule has 21 heavy (non-hydrogen) atoms. The highest BCUT2D eigenvalue weighted by Gasteiger charge is 2.20. The molecular formula is C14H18N2O4S. The largest absolute Gasteiger partial charge is 0.478 e. The summed E-state index contributed by atoms with van der Waals surface area (Å²) >= 11 is 1.67. The van der Waals surface area contributed by atoms with Gasteiger partial charge < -0.3 is 10.0 Å². The van der Waals surface area contributed by atoms with Crippen LogP contribution in [0.5, 0.6) is 0 Å². The van der Waals surface area contributed by atoms with Crippen LogP contribution in [0.2, 0.25) is 0 Å². The van der Waals surface area contributed by atoms with Crippen molar-refractivity contribution < 1.29 is 14.8 Å². The molecule has 6 nitrogen and oxygen atoms in total. The minimum Gasteiger partial charge on any atom is -0.478 e. The Kier molecular flexibility index (Phi) is 6.23. The molecule has 0 radical (unpaired) electrons. The third-order valence-corrected chi connectivity index (χ3v) is 3.88. The van der Waals surface area contributed by atoms with Crippen LogP contribution < -0.4 is 4.90 Å². The summed E-state index contributed by atoms with van der Waals surface area (Å²) in [6, 6.07) is 4.86. The second-order valence-electron chi connectivity index (χ2n) is 4.59. The van der Waals surface area contributed by atoms with Crippen LogP contribution in [0.4, 0.5) is 11.4 Å². The molecule has 1 N–H and O–H groups in total. The van der Waals surface area contributed by atoms with Crippen molar-refractivity contribution in [3.05, 3.63) is 40.0 Å². The first-order chi connectivity index (χ1) is 9.86. The predicted octanol–water partition coefficient (Wildman–Crippen LogP) is 2.88. The fourth-order valence-corrected chi connectivity index (χ4v) is 2.55. The van der Waals surface area contributed by atoms with E-state index in [2.05, 4.69) is 0 Å². The number of benzene rings is 1. The zero-order valence-corrected chi connectivity index (χ0v) is 13.0. The third kappa shape index (κ3) is 4.78. The molecule has 0 aromatic heterocycles. The molecule has 7 heteroatoms. The van der Waals surface area contributed by atoms with Gasteiger partial charge in [-0.1, -0.05) is 6.07 Å². The Bertz CT molecular complexity index is 560. The van der Waals surface area contributed by atoms with E-state index in [0.29, 0.717) is 11.3 Å². The van der Waals surface area contributed by atoms with E-state index < -0.39 is 10.9 Å². The maximum absolute atomic E-state index is 11.2. The molecule has 1 atom stereocenters. The van der Waals surface area contributed by atoms with Gasteiger partial charge >= 0.3 is 5.97 Å². The lowest BCUT2D eigenvalue weighted by atomic mass is 10.1. The molecule has 0 fully saturated rings. The molecule has 0 saturated heterocycles. The summed E-state index contributed by atoms with van der Waals surface area (Å²) < 4.78 is 0. The van der Waals surface area contributed by atoms with Gasteiger partial charge in [-0.05, 0) is 30.9 Å². The average Bonchev–Trinajstić information content (AvgIpc) is 2.44. The number of carbonyl (C=O) groups is 1. The minimum atomic E-state index is -1.09. The fraction of sp³-hybridized carbons (Fsp3) is 0.357. The topological polar surface area (TPSA) is 83.7 Å². The number of hydrogen-bond donors (Lipinski definition) is 1. The molecule has 1 aromatic carbocycles. The Labute approximate surface area is 127 Å². The molecule has 1 aromatic rings. The van der Waals surface area contributed by atoms with Crippen molar-refractivity contribution >= 4 is 35.2 Å². The molecule has 0 spiro atoms. The van der Waals surface area contributed by atoms with Crippen molar-refractivity contribution in [2.75, 3.05) is 24.0 Å². The van der Waals surface area contributed by atoms with E-state index in [1.165, 1.54) is 12.1 Å². The first-order valence-electron chi connectivity index (χ1n) is 6.28. The number of carboxylic acids is 1. The first kappa shape index (κ1) is 17.0. The number of anilines is 1. The van der Waals surface area contributed by atoms with Crippen molar-refractivity contribution in [3.8, 4) is 0 Å². The molecule has 0 saturated carbocycles. The lowest BCUT2D eigenvalue weighted by molar-refractivity contribution is -0.384. The zero-order chi connectivity index (χ0) is 16.0. The highest BCUT2D eigenvalue weighted by molar-refractivity contribution is 7.98. The van der Waals surface area contributed by atoms with Gasteiger partial charge in [0.1, 0.15) is 5.69 Å². The smallest absolute Gasteiger partial charge is 0.328 e. The molecule has 0 bridgehead atoms. The quantitative estimate of drug-likeness (QED) is 0.473. The summed E-state index contributed by atoms with van der Waals surface area (Å²) in [5.41, 5.74) is 0.978. The van der Waals surface area contributed by atoms with E-state index in [1.54, 1.807) is 23.9 Å². The third-order valence-electron chi connectivity index (χ3n) is 3.06. The van der Waals surface area contributed by atoms with Crippen LogP contribution in [0.25, 0.3) is 6.08 Å². The lowest BCUT2D eigenvalue weighted by Gasteiger charge is -2.26. The van der Waals surface area contributed by atoms with Gasteiger partial charge in [0.25, 0.3) is 5.69 Å². The van der Waals surface area contributed by atoms with Crippen molar-refractivity contribution in [1.29, 1.82) is 0 Å². The van der Waals surface area contributed by atoms with Crippen LogP contribution in [0.1, 0.15) is 12.5 Å². The van der Waals surface area contributed by atoms with Gasteiger partial charge in [0.05, 0.1) is 4.92 Å². The first-order valence-corrected chi connectivity index (χ1v) is 7.67. The summed E-state index contributed by atoms with van der Waals surface area (Å²) in [5, 5.41) is 19.8. The van der Waals surface area contributed by atoms with Crippen LogP contribution in [-0.4, -0.2) is 41.1 Å². The van der Waals surface area contributed by atoms with E-state index in [-0.39, 0.29) is 11.7 Å². The molecule has 0 heterocycles. The van der Waals surface area contributed by atoms with Crippen LogP contribution in [-0.2, 0) is 4.79 Å². The summed E-state index contributed by atoms with van der Waals surface area (Å²) in [6.07, 6.45) is 4.28. The van der Waals surface area contributed by atoms with Crippen molar-refractivity contribution in [2.45, 2.75) is 13.0 Å². The summed E-state index contributed by atoms with van der Waals surface area (Å²) in [7, 11) is 1.82. The van der Waals surface area contributed by atoms with E-state index in [0.717, 1.165) is 11.8 Å². The fourth-order valence-electron chi connectivity index (χ4n) is 1.85. The van der Waals surface area contributed by atoms with E-state index >= 15 is 0 Å². The lowest BCUT2D eigenvalue weighted by Crippen LogP contribution is -2.31. The molecule has 0 aliphatic carbocycles. The van der Waals surface area contributed by atoms with Gasteiger partial charge in [0.2, 0.25) is 0 Å². The Balaban J connectivity index is 3.16. The number of nitro benzene ring substituents is 1. The number of hydrogen-bond acceptors (Lipinski definition) is 5. The second kappa shape index (κ2) is 7.68. The zero-order valence-electron chi connectivity index (χ0n) is 12.1. The number of aliphatic carboxylic acids is 1. The van der Waals surface area contributed by atoms with Crippen LogP contribution >= 0.6 is 11.8 Å². The maximum atomic E-state index is 11.2. The Morgan fingerprint density at radius 2 is 2.24 bits per heavy atom. The SMILES string of the molecule is CSCC(C)N(C)c1ccc(/C=C/C(=O)O)cc1[N+](=O)[O-]. The summed E-state index contributed by atoms with van der Waals surface area (Å²) in [4.78, 5) is 23.1. The second-order valence-corrected chi connectivity index (χ2v) is 5.50. The average molecular weight is 310 g/mol. The number of rotatable bonds is 7. The molecule has 1 rings (SSSR count). The van der Waals surface area contributed by atoms with Gasteiger partial charge in [-0.3, -0.25) is 10.1 Å². The molecule has 0 aliphatic rings. The molecular weight excluding hydrogens is 292 g/mol. The van der Waals surface area contributed by atoms with Crippen molar-refractivity contribution in [3.63, 3.8) is 0 Å². The highest BCUT2D eigenvalue weighted by Crippen LogP contribution is 2.30. The maximum Gasteiger partial charge on any atom is 0.328 e. The van der Waals surface area contributed by atoms with E-state index in [1.807, 2.05) is 25.1 Å². The summed E-state index contributed by atoms with van der Waals surface area (Å²) in [5.74, 6) is -0.235. The van der Waals surface area contributed by atoms with Gasteiger partial charge in [0, 0.05) is 31.0 Å². The monoisotopic (exact) mass is 310 g/mol. The number of nitro groups is 1. The van der Waals surface area contributed by atoms with Crippen molar-refractivity contribution in [1.82, 2.24) is 0 Å². The van der Waals surface area contributed by atoms with Crippen molar-refractivity contribution in [2.24, 2.45) is 0 Å². The Hall–Kier alpha value is -2.02. The van der Waals surface area contributed by atoms with E-state index in [4.69, 9.17) is 5.11 Å². The van der Waals surface area contributed by atoms with Crippen LogP contribution in [0.15, 0.2) is 24.3 Å². The predicted molar refractivity (Wildman–Crippen MR) is 86.0 cm³/mol. The van der Waals surface area contributed by atoms with E-state index in [9.17, 15) is 14.9 Å². The number of nitrogens with zero attached hydrogens (tertiary/aromatic N) is 2. The van der Waals surface area contributed by atoms with Crippen LogP contribution in [0, 0.1) is 10.1 Å². The number of thioether (sulfide) groups is 1. The highest BCUT2D eigenvalue weighted by atomic mass is 32.2. The van der Waals surface area contributed by atoms with Gasteiger partial charge in [-0.2, -0.15) is 11.8 Å². The van der Waals surface area contributed by atoms with Gasteiger partial charge in [-0.25, -0.2) is 4.79 Å². The van der Waals surface area contributed by atoms with Gasteiger partial charge in [0.15, 0.2) is 0 Å². The normalized spacial score (nSPS) is 12.3. The Morgan fingerprint density at radius 1 is 1.57 bits per heavy atom. The molecule has 0 aliphatic heterocycles. The molecule has 1 unspecified atom stereocenters. The molecule has 114 valence electrons. The van der Waals surface area contributed by atoms with Gasteiger partial charge in [-0.15, -0.1) is 0 Å². The Morgan fingerprint density at radius 3 is 2.76 bits per heavy atom. The summed E-state index contributed by atoms with van der Waals surface area (Å²) in [6.45, 7) is 2.00.